The Labute approximate surface area is 204 Å². The van der Waals surface area contributed by atoms with E-state index in [1.165, 1.54) is 13.8 Å². The molecule has 1 spiro atoms. The first-order valence-corrected chi connectivity index (χ1v) is 11.6. The van der Waals surface area contributed by atoms with Crippen LogP contribution in [0.4, 0.5) is 0 Å². The van der Waals surface area contributed by atoms with Crippen LogP contribution in [0.5, 0.6) is 23.0 Å². The highest BCUT2D eigenvalue weighted by Crippen LogP contribution is 2.64. The molecule has 35 heavy (non-hydrogen) atoms. The summed E-state index contributed by atoms with van der Waals surface area (Å²) in [6.45, 7) is 11.8. The summed E-state index contributed by atoms with van der Waals surface area (Å²) in [6, 6.07) is 7.16. The van der Waals surface area contributed by atoms with Gasteiger partial charge in [-0.2, -0.15) is 10.2 Å². The monoisotopic (exact) mass is 482 g/mol. The van der Waals surface area contributed by atoms with E-state index in [1.807, 2.05) is 12.1 Å². The van der Waals surface area contributed by atoms with Crippen molar-refractivity contribution in [3.63, 3.8) is 0 Å². The van der Waals surface area contributed by atoms with Gasteiger partial charge in [-0.15, -0.1) is 0 Å². The molecule has 3 atom stereocenters. The minimum atomic E-state index is -1.36. The highest BCUT2D eigenvalue weighted by molar-refractivity contribution is 5.67. The van der Waals surface area contributed by atoms with E-state index in [1.54, 1.807) is 12.1 Å². The van der Waals surface area contributed by atoms with Crippen molar-refractivity contribution in [2.45, 2.75) is 83.2 Å². The van der Waals surface area contributed by atoms with Gasteiger partial charge in [-0.1, -0.05) is 27.7 Å². The van der Waals surface area contributed by atoms with E-state index in [9.17, 15) is 19.8 Å². The molecule has 186 valence electrons. The number of benzene rings is 2. The number of carbonyl (C=O) groups is 2. The van der Waals surface area contributed by atoms with Gasteiger partial charge in [0.2, 0.25) is 12.6 Å². The lowest BCUT2D eigenvalue weighted by atomic mass is 9.72. The number of hydrogen-bond acceptors (Lipinski definition) is 6. The molecule has 2 radical (unpaired) electrons. The molecule has 0 aliphatic heterocycles. The number of hydrogen-bond donors (Lipinski definition) is 0. The highest BCUT2D eigenvalue weighted by atomic mass is 16.6. The zero-order valence-corrected chi connectivity index (χ0v) is 20.8. The summed E-state index contributed by atoms with van der Waals surface area (Å²) >= 11 is 0. The molecule has 2 aromatic rings. The van der Waals surface area contributed by atoms with Gasteiger partial charge in [0.25, 0.3) is 12.9 Å². The quantitative estimate of drug-likeness (QED) is 0.398. The van der Waals surface area contributed by atoms with Gasteiger partial charge in [0.05, 0.1) is 0 Å². The molecule has 0 fully saturated rings. The second-order valence-corrected chi connectivity index (χ2v) is 10.7. The number of fused-ring (bicyclic) bond motifs is 4. The van der Waals surface area contributed by atoms with E-state index < -0.39 is 18.0 Å². The third kappa shape index (κ3) is 4.15. The van der Waals surface area contributed by atoms with E-state index in [0.29, 0.717) is 12.9 Å². The second kappa shape index (κ2) is 8.53. The number of carbonyl (C=O) groups excluding carboxylic acids is 2. The third-order valence-electron chi connectivity index (χ3n) is 7.08. The molecule has 0 saturated heterocycles. The Morgan fingerprint density at radius 1 is 0.657 bits per heavy atom. The summed E-state index contributed by atoms with van der Waals surface area (Å²) in [4.78, 5) is 22.3. The molecular formula is C27H30O8. The fourth-order valence-electron chi connectivity index (χ4n) is 6.15. The van der Waals surface area contributed by atoms with Crippen molar-refractivity contribution in [1.82, 2.24) is 0 Å². The predicted molar refractivity (Wildman–Crippen MR) is 124 cm³/mol. The van der Waals surface area contributed by atoms with Crippen LogP contribution in [0.3, 0.4) is 0 Å². The molecule has 0 heterocycles. The lowest BCUT2D eigenvalue weighted by molar-refractivity contribution is -0.123. The van der Waals surface area contributed by atoms with Crippen molar-refractivity contribution >= 4 is 12.9 Å². The zero-order chi connectivity index (χ0) is 25.8. The Bertz CT molecular complexity index is 1160. The molecule has 8 nitrogen and oxygen atoms in total. The molecule has 0 aromatic heterocycles. The second-order valence-electron chi connectivity index (χ2n) is 10.7. The van der Waals surface area contributed by atoms with Gasteiger partial charge in [0.15, 0.2) is 23.0 Å². The average Bonchev–Trinajstić information content (AvgIpc) is 3.07. The summed E-state index contributed by atoms with van der Waals surface area (Å²) in [5.74, 6) is 0.795. The van der Waals surface area contributed by atoms with Crippen molar-refractivity contribution in [2.75, 3.05) is 0 Å². The maximum atomic E-state index is 11.9. The third-order valence-corrected chi connectivity index (χ3v) is 7.08. The Hall–Kier alpha value is -3.10. The predicted octanol–water partition coefficient (Wildman–Crippen LogP) is 4.72. The first kappa shape index (κ1) is 25.0. The van der Waals surface area contributed by atoms with E-state index in [0.717, 1.165) is 35.1 Å². The Morgan fingerprint density at radius 3 is 1.37 bits per heavy atom. The summed E-state index contributed by atoms with van der Waals surface area (Å²) < 4.78 is 21.3. The van der Waals surface area contributed by atoms with E-state index in [-0.39, 0.29) is 33.8 Å². The molecule has 4 rings (SSSR count). The largest absolute Gasteiger partial charge is 0.459 e. The molecule has 0 amide bonds. The molecule has 2 aliphatic carbocycles. The smallest absolute Gasteiger partial charge is 0.298 e. The molecule has 0 N–H and O–H groups in total. The van der Waals surface area contributed by atoms with Crippen LogP contribution in [-0.4, -0.2) is 25.5 Å². The Kier molecular flexibility index (Phi) is 6.10. The minimum absolute atomic E-state index is 0.152. The van der Waals surface area contributed by atoms with Crippen LogP contribution < -0.4 is 18.9 Å². The van der Waals surface area contributed by atoms with Crippen LogP contribution in [-0.2, 0) is 36.0 Å². The minimum Gasteiger partial charge on any atom is -0.459 e. The Balaban J connectivity index is 2.00. The summed E-state index contributed by atoms with van der Waals surface area (Å²) in [6.07, 6.45) is -1.24. The van der Waals surface area contributed by atoms with Crippen LogP contribution in [0, 0.1) is 0 Å². The molecule has 3 unspecified atom stereocenters. The maximum Gasteiger partial charge on any atom is 0.298 e. The molecule has 2 aliphatic rings. The van der Waals surface area contributed by atoms with E-state index >= 15 is 0 Å². The molecule has 2 aromatic carbocycles. The van der Waals surface area contributed by atoms with Crippen molar-refractivity contribution in [3.8, 4) is 23.0 Å². The van der Waals surface area contributed by atoms with E-state index in [4.69, 9.17) is 18.9 Å². The standard InChI is InChI=1S/C27H30O8/c1-15(30)34-23-8-18-20(10-24(23)35-16(2)31)27(12-26(18,5)6)11-25(3,4)17-7-21(32-13-28)22(33-14-29)9-19(17)27/h7-10,13-16H,11-12H2,1-6H3. The zero-order valence-electron chi connectivity index (χ0n) is 20.8. The van der Waals surface area contributed by atoms with Gasteiger partial charge in [-0.05, 0) is 70.2 Å². The first-order valence-electron chi connectivity index (χ1n) is 11.6. The fraction of sp³-hybridized carbons (Fsp3) is 0.481. The van der Waals surface area contributed by atoms with Gasteiger partial charge >= 0.3 is 0 Å². The van der Waals surface area contributed by atoms with Crippen LogP contribution >= 0.6 is 0 Å². The summed E-state index contributed by atoms with van der Waals surface area (Å²) in [7, 11) is 0. The van der Waals surface area contributed by atoms with Crippen LogP contribution in [0.15, 0.2) is 24.3 Å². The van der Waals surface area contributed by atoms with Crippen LogP contribution in [0.25, 0.3) is 0 Å². The lowest BCUT2D eigenvalue weighted by Gasteiger charge is -2.31. The van der Waals surface area contributed by atoms with Gasteiger partial charge < -0.3 is 18.9 Å². The van der Waals surface area contributed by atoms with Gasteiger partial charge in [-0.25, -0.2) is 0 Å². The normalized spacial score (nSPS) is 22.6. The first-order chi connectivity index (χ1) is 16.3. The molecule has 0 bridgehead atoms. The van der Waals surface area contributed by atoms with Crippen molar-refractivity contribution in [3.05, 3.63) is 46.5 Å². The lowest BCUT2D eigenvalue weighted by Crippen LogP contribution is -2.27. The SMILES string of the molecule is CC([O])Oc1cc2c(cc1OC(C)[O])C1(CC(C)(C)c3cc(OC=O)c(OC=O)cc31)CC2(C)C. The van der Waals surface area contributed by atoms with Crippen molar-refractivity contribution < 1.29 is 38.7 Å². The fourth-order valence-corrected chi connectivity index (χ4v) is 6.15. The van der Waals surface area contributed by atoms with Crippen molar-refractivity contribution in [1.29, 1.82) is 0 Å². The van der Waals surface area contributed by atoms with E-state index in [2.05, 4.69) is 27.7 Å². The highest BCUT2D eigenvalue weighted by Gasteiger charge is 2.57. The molecule has 0 saturated carbocycles. The van der Waals surface area contributed by atoms with Crippen LogP contribution in [0.1, 0.15) is 76.6 Å². The van der Waals surface area contributed by atoms with Crippen LogP contribution in [0.2, 0.25) is 0 Å². The number of rotatable bonds is 8. The Morgan fingerprint density at radius 2 is 1.00 bits per heavy atom. The van der Waals surface area contributed by atoms with Gasteiger partial charge in [0, 0.05) is 19.3 Å². The summed E-state index contributed by atoms with van der Waals surface area (Å²) in [5.41, 5.74) is 2.79. The topological polar surface area (TPSA) is 111 Å². The molecule has 8 heteroatoms. The molecular weight excluding hydrogens is 452 g/mol. The summed E-state index contributed by atoms with van der Waals surface area (Å²) in [5, 5.41) is 23.8. The van der Waals surface area contributed by atoms with Crippen molar-refractivity contribution in [2.24, 2.45) is 0 Å². The number of ether oxygens (including phenoxy) is 4. The van der Waals surface area contributed by atoms with Gasteiger partial charge in [0.1, 0.15) is 0 Å². The average molecular weight is 483 g/mol. The van der Waals surface area contributed by atoms with Gasteiger partial charge in [-0.3, -0.25) is 9.59 Å². The maximum absolute atomic E-state index is 11.9.